The number of likely N-dealkylation sites (N-methyl/N-ethyl adjacent to an activating group) is 1. The summed E-state index contributed by atoms with van der Waals surface area (Å²) in [7, 11) is 4.04. The normalized spacial score (nSPS) is 22.1. The van der Waals surface area contributed by atoms with Gasteiger partial charge >= 0.3 is 0 Å². The molecule has 1 atom stereocenters. The lowest BCUT2D eigenvalue weighted by atomic mass is 9.76. The van der Waals surface area contributed by atoms with Crippen LogP contribution in [0.2, 0.25) is 0 Å². The number of nitrogens with one attached hydrogen (secondary N) is 2. The first kappa shape index (κ1) is 23.5. The highest BCUT2D eigenvalue weighted by atomic mass is 16.5. The summed E-state index contributed by atoms with van der Waals surface area (Å²) in [6, 6.07) is 5.97. The van der Waals surface area contributed by atoms with Crippen molar-refractivity contribution in [2.45, 2.75) is 51.5 Å². The van der Waals surface area contributed by atoms with Gasteiger partial charge in [0.05, 0.1) is 0 Å². The van der Waals surface area contributed by atoms with Crippen molar-refractivity contribution in [2.24, 2.45) is 5.41 Å². The summed E-state index contributed by atoms with van der Waals surface area (Å²) in [5, 5.41) is 6.16. The summed E-state index contributed by atoms with van der Waals surface area (Å²) in [5.74, 6) is 1.66. The summed E-state index contributed by atoms with van der Waals surface area (Å²) in [6.45, 7) is 4.02. The van der Waals surface area contributed by atoms with Crippen LogP contribution < -0.4 is 20.3 Å². The lowest BCUT2D eigenvalue weighted by Gasteiger charge is -2.40. The molecule has 0 bridgehead atoms. The molecule has 9 nitrogen and oxygen atoms in total. The molecule has 2 fully saturated rings. The van der Waals surface area contributed by atoms with Crippen LogP contribution in [0.25, 0.3) is 0 Å². The van der Waals surface area contributed by atoms with Gasteiger partial charge in [0, 0.05) is 43.0 Å². The number of anilines is 3. The third-order valence-electron chi connectivity index (χ3n) is 7.38. The Morgan fingerprint density at radius 1 is 1.26 bits per heavy atom. The molecule has 186 valence electrons. The summed E-state index contributed by atoms with van der Waals surface area (Å²) >= 11 is 0. The van der Waals surface area contributed by atoms with Gasteiger partial charge in [-0.05, 0) is 64.0 Å². The second-order valence-electron chi connectivity index (χ2n) is 10.2. The first-order chi connectivity index (χ1) is 16.9. The molecular formula is C26H34N6O3. The highest BCUT2D eigenvalue weighted by molar-refractivity contribution is 6.14. The van der Waals surface area contributed by atoms with E-state index in [0.29, 0.717) is 37.8 Å². The van der Waals surface area contributed by atoms with E-state index in [2.05, 4.69) is 20.5 Å². The van der Waals surface area contributed by atoms with Crippen molar-refractivity contribution < 1.29 is 14.3 Å². The summed E-state index contributed by atoms with van der Waals surface area (Å²) in [5.41, 5.74) is 1.71. The highest BCUT2D eigenvalue weighted by Gasteiger charge is 2.56. The monoisotopic (exact) mass is 478 g/mol. The Balaban J connectivity index is 1.40. The van der Waals surface area contributed by atoms with Crippen LogP contribution in [0.15, 0.2) is 24.4 Å². The molecule has 2 aliphatic heterocycles. The van der Waals surface area contributed by atoms with Crippen LogP contribution in [0.5, 0.6) is 5.75 Å². The second kappa shape index (κ2) is 9.45. The Labute approximate surface area is 206 Å². The topological polar surface area (TPSA) is 99.7 Å². The fraction of sp³-hybridized carbons (Fsp3) is 0.538. The lowest BCUT2D eigenvalue weighted by molar-refractivity contribution is -0.140. The van der Waals surface area contributed by atoms with E-state index >= 15 is 0 Å². The van der Waals surface area contributed by atoms with Crippen LogP contribution >= 0.6 is 0 Å². The van der Waals surface area contributed by atoms with E-state index in [0.717, 1.165) is 54.8 Å². The number of aryl methyl sites for hydroxylation is 1. The van der Waals surface area contributed by atoms with Gasteiger partial charge < -0.3 is 20.3 Å². The van der Waals surface area contributed by atoms with Crippen molar-refractivity contribution in [3.63, 3.8) is 0 Å². The molecule has 9 heteroatoms. The molecule has 2 N–H and O–H groups in total. The van der Waals surface area contributed by atoms with Crippen LogP contribution in [0.1, 0.15) is 43.2 Å². The minimum absolute atomic E-state index is 0.0791. The number of hydrogen-bond acceptors (Lipinski definition) is 7. The van der Waals surface area contributed by atoms with E-state index in [1.54, 1.807) is 6.20 Å². The first-order valence-corrected chi connectivity index (χ1v) is 12.5. The van der Waals surface area contributed by atoms with Crippen LogP contribution in [0.4, 0.5) is 17.5 Å². The molecule has 35 heavy (non-hydrogen) atoms. The Morgan fingerprint density at radius 3 is 2.74 bits per heavy atom. The number of amides is 2. The van der Waals surface area contributed by atoms with E-state index in [-0.39, 0.29) is 17.9 Å². The maximum atomic E-state index is 13.8. The van der Waals surface area contributed by atoms with Crippen molar-refractivity contribution in [1.82, 2.24) is 20.2 Å². The van der Waals surface area contributed by atoms with Crippen molar-refractivity contribution in [2.75, 3.05) is 44.0 Å². The van der Waals surface area contributed by atoms with E-state index in [9.17, 15) is 9.59 Å². The molecule has 3 aliphatic rings. The number of benzene rings is 1. The van der Waals surface area contributed by atoms with Crippen LogP contribution in [-0.4, -0.2) is 66.5 Å². The number of rotatable bonds is 7. The number of ether oxygens (including phenoxy) is 1. The predicted molar refractivity (Wildman–Crippen MR) is 134 cm³/mol. The second-order valence-corrected chi connectivity index (χ2v) is 10.2. The molecule has 3 heterocycles. The molecular weight excluding hydrogens is 444 g/mol. The molecule has 5 rings (SSSR count). The number of nitrogens with zero attached hydrogens (tertiary/aromatic N) is 4. The minimum Gasteiger partial charge on any atom is -0.492 e. The molecule has 1 saturated heterocycles. The van der Waals surface area contributed by atoms with E-state index in [1.807, 2.05) is 44.1 Å². The molecule has 1 aromatic heterocycles. The number of carbonyl (C=O) groups excluding carboxylic acids is 2. The molecule has 2 amide bonds. The largest absolute Gasteiger partial charge is 0.492 e. The molecule has 2 aromatic rings. The van der Waals surface area contributed by atoms with Gasteiger partial charge in [0.1, 0.15) is 23.6 Å². The molecule has 1 aliphatic carbocycles. The SMILES string of the molecule is Cc1cc(Nc2ncc3c(n2)N(C2CCCC2)C(=O)[C@]2(CCNC2=O)C3)ccc1OCCN(C)C. The van der Waals surface area contributed by atoms with E-state index < -0.39 is 5.41 Å². The third kappa shape index (κ3) is 4.45. The third-order valence-corrected chi connectivity index (χ3v) is 7.38. The fourth-order valence-electron chi connectivity index (χ4n) is 5.42. The maximum absolute atomic E-state index is 13.8. The zero-order valence-electron chi connectivity index (χ0n) is 20.8. The number of hydrogen-bond donors (Lipinski definition) is 2. The van der Waals surface area contributed by atoms with E-state index in [4.69, 9.17) is 9.72 Å². The van der Waals surface area contributed by atoms with Crippen LogP contribution in [0.3, 0.4) is 0 Å². The number of carbonyl (C=O) groups is 2. The zero-order valence-corrected chi connectivity index (χ0v) is 20.8. The van der Waals surface area contributed by atoms with Gasteiger partial charge in [-0.15, -0.1) is 0 Å². The Hall–Kier alpha value is -3.20. The smallest absolute Gasteiger partial charge is 0.244 e. The lowest BCUT2D eigenvalue weighted by Crippen LogP contribution is -2.56. The van der Waals surface area contributed by atoms with Gasteiger partial charge in [0.2, 0.25) is 17.8 Å². The van der Waals surface area contributed by atoms with Crippen molar-refractivity contribution >= 4 is 29.3 Å². The van der Waals surface area contributed by atoms with Gasteiger partial charge in [-0.2, -0.15) is 4.98 Å². The van der Waals surface area contributed by atoms with Gasteiger partial charge in [0.25, 0.3) is 0 Å². The summed E-state index contributed by atoms with van der Waals surface area (Å²) < 4.78 is 5.89. The Kier molecular flexibility index (Phi) is 6.35. The number of fused-ring (bicyclic) bond motifs is 1. The standard InChI is InChI=1S/C26H34N6O3/c1-17-14-19(8-9-21(17)35-13-12-31(2)3)29-25-28-16-18-15-26(10-11-27-23(26)33)24(34)32(22(18)30-25)20-6-4-5-7-20/h8-9,14,16,20H,4-7,10-13,15H2,1-3H3,(H,27,33)(H,28,29,30)/t26-/m1/s1. The van der Waals surface area contributed by atoms with Crippen LogP contribution in [0, 0.1) is 12.3 Å². The molecule has 1 spiro atoms. The Bertz CT molecular complexity index is 1130. The summed E-state index contributed by atoms with van der Waals surface area (Å²) in [4.78, 5) is 39.8. The Morgan fingerprint density at radius 2 is 2.06 bits per heavy atom. The van der Waals surface area contributed by atoms with Gasteiger partial charge in [-0.3, -0.25) is 14.5 Å². The predicted octanol–water partition coefficient (Wildman–Crippen LogP) is 2.81. The number of aromatic nitrogens is 2. The summed E-state index contributed by atoms with van der Waals surface area (Å²) in [6.07, 6.45) is 6.69. The van der Waals surface area contributed by atoms with Gasteiger partial charge in [-0.25, -0.2) is 4.98 Å². The maximum Gasteiger partial charge on any atom is 0.244 e. The van der Waals surface area contributed by atoms with Crippen molar-refractivity contribution in [3.8, 4) is 5.75 Å². The zero-order chi connectivity index (χ0) is 24.6. The molecule has 0 radical (unpaired) electrons. The average Bonchev–Trinajstić information content (AvgIpc) is 3.47. The van der Waals surface area contributed by atoms with Gasteiger partial charge in [0.15, 0.2) is 0 Å². The molecule has 1 aromatic carbocycles. The average molecular weight is 479 g/mol. The van der Waals surface area contributed by atoms with E-state index in [1.165, 1.54) is 0 Å². The van der Waals surface area contributed by atoms with Gasteiger partial charge in [-0.1, -0.05) is 12.8 Å². The fourth-order valence-corrected chi connectivity index (χ4v) is 5.42. The van der Waals surface area contributed by atoms with Crippen LogP contribution in [-0.2, 0) is 16.0 Å². The molecule has 1 saturated carbocycles. The molecule has 0 unspecified atom stereocenters. The van der Waals surface area contributed by atoms with Crippen molar-refractivity contribution in [3.05, 3.63) is 35.5 Å². The van der Waals surface area contributed by atoms with Crippen molar-refractivity contribution in [1.29, 1.82) is 0 Å². The minimum atomic E-state index is -1.02. The highest BCUT2D eigenvalue weighted by Crippen LogP contribution is 2.44. The quantitative estimate of drug-likeness (QED) is 0.591. The first-order valence-electron chi connectivity index (χ1n) is 12.5.